The number of benzene rings is 2. The molecular weight excluding hydrogens is 388 g/mol. The zero-order valence-electron chi connectivity index (χ0n) is 14.8. The van der Waals surface area contributed by atoms with Gasteiger partial charge in [-0.25, -0.2) is 13.2 Å². The molecule has 1 heterocycles. The number of hydrogen-bond donors (Lipinski definition) is 2. The van der Waals surface area contributed by atoms with Gasteiger partial charge in [0.25, 0.3) is 0 Å². The molecule has 0 aliphatic carbocycles. The second kappa shape index (κ2) is 6.90. The van der Waals surface area contributed by atoms with E-state index >= 15 is 0 Å². The summed E-state index contributed by atoms with van der Waals surface area (Å²) in [6.07, 6.45) is 3.03. The predicted molar refractivity (Wildman–Crippen MR) is 107 cm³/mol. The van der Waals surface area contributed by atoms with Gasteiger partial charge in [0, 0.05) is 16.6 Å². The van der Waals surface area contributed by atoms with Crippen molar-refractivity contribution in [3.05, 3.63) is 65.3 Å². The Balaban J connectivity index is 2.28. The summed E-state index contributed by atoms with van der Waals surface area (Å²) in [5.74, 6) is -1.01. The number of sulfonamides is 1. The zero-order valence-corrected chi connectivity index (χ0v) is 16.4. The Morgan fingerprint density at radius 2 is 1.85 bits per heavy atom. The topological polar surface area (TPSA) is 88.4 Å². The average Bonchev–Trinajstić information content (AvgIpc) is 3.02. The highest BCUT2D eigenvalue weighted by atomic mass is 35.5. The Hall–Kier alpha value is -2.51. The van der Waals surface area contributed by atoms with E-state index in [1.54, 1.807) is 66.2 Å². The van der Waals surface area contributed by atoms with E-state index in [0.29, 0.717) is 27.2 Å². The maximum absolute atomic E-state index is 12.4. The van der Waals surface area contributed by atoms with Crippen molar-refractivity contribution >= 4 is 44.2 Å². The van der Waals surface area contributed by atoms with Gasteiger partial charge in [-0.1, -0.05) is 36.7 Å². The summed E-state index contributed by atoms with van der Waals surface area (Å²) in [5, 5.41) is 11.3. The number of nitrogens with one attached hydrogen (secondary N) is 1. The van der Waals surface area contributed by atoms with E-state index in [-0.39, 0.29) is 6.42 Å². The van der Waals surface area contributed by atoms with Gasteiger partial charge >= 0.3 is 5.97 Å². The molecule has 27 heavy (non-hydrogen) atoms. The molecule has 0 amide bonds. The van der Waals surface area contributed by atoms with E-state index in [0.717, 1.165) is 6.26 Å². The molecule has 2 aromatic carbocycles. The van der Waals surface area contributed by atoms with E-state index in [1.165, 1.54) is 0 Å². The molecule has 0 aliphatic rings. The molecule has 0 saturated heterocycles. The Morgan fingerprint density at radius 1 is 1.19 bits per heavy atom. The minimum Gasteiger partial charge on any atom is -0.479 e. The quantitative estimate of drug-likeness (QED) is 0.649. The summed E-state index contributed by atoms with van der Waals surface area (Å²) in [6, 6.07) is 13.5. The lowest BCUT2D eigenvalue weighted by molar-refractivity contribution is -0.145. The number of hydrogen-bond acceptors (Lipinski definition) is 3. The van der Waals surface area contributed by atoms with Gasteiger partial charge in [-0.05, 0) is 42.3 Å². The fraction of sp³-hybridized carbons (Fsp3) is 0.211. The van der Waals surface area contributed by atoms with Gasteiger partial charge in [0.05, 0.1) is 17.5 Å². The first-order valence-corrected chi connectivity index (χ1v) is 10.5. The molecule has 6 nitrogen and oxygen atoms in total. The minimum absolute atomic E-state index is 0.289. The first kappa shape index (κ1) is 19.3. The number of halogens is 1. The van der Waals surface area contributed by atoms with Crippen LogP contribution in [0.4, 0.5) is 5.69 Å². The van der Waals surface area contributed by atoms with Gasteiger partial charge in [0.1, 0.15) is 0 Å². The van der Waals surface area contributed by atoms with Crippen LogP contribution in [-0.4, -0.2) is 30.3 Å². The highest BCUT2D eigenvalue weighted by Crippen LogP contribution is 2.37. The molecule has 8 heteroatoms. The minimum atomic E-state index is -3.46. The van der Waals surface area contributed by atoms with E-state index in [4.69, 9.17) is 11.6 Å². The van der Waals surface area contributed by atoms with Crippen molar-refractivity contribution in [1.29, 1.82) is 0 Å². The number of carboxylic acids is 1. The number of aliphatic carboxylic acids is 1. The molecule has 0 radical (unpaired) electrons. The lowest BCUT2D eigenvalue weighted by Gasteiger charge is -2.32. The van der Waals surface area contributed by atoms with E-state index in [9.17, 15) is 18.3 Å². The molecule has 0 fully saturated rings. The smallest absolute Gasteiger partial charge is 0.334 e. The molecule has 0 unspecified atom stereocenters. The SMILES string of the molecule is CC[C@](C(=O)O)(c1ccc(Cl)cc1)n1ccc2c(NS(C)(=O)=O)cccc21. The second-order valence-corrected chi connectivity index (χ2v) is 8.51. The van der Waals surface area contributed by atoms with Crippen molar-refractivity contribution < 1.29 is 18.3 Å². The maximum Gasteiger partial charge on any atom is 0.334 e. The van der Waals surface area contributed by atoms with Gasteiger partial charge in [0.2, 0.25) is 10.0 Å². The number of carboxylic acid groups (broad SMARTS) is 1. The highest BCUT2D eigenvalue weighted by Gasteiger charge is 2.41. The third-order valence-corrected chi connectivity index (χ3v) is 5.47. The van der Waals surface area contributed by atoms with E-state index in [1.807, 2.05) is 0 Å². The van der Waals surface area contributed by atoms with Gasteiger partial charge < -0.3 is 9.67 Å². The summed E-state index contributed by atoms with van der Waals surface area (Å²) in [4.78, 5) is 12.4. The van der Waals surface area contributed by atoms with Crippen LogP contribution in [0.2, 0.25) is 5.02 Å². The van der Waals surface area contributed by atoms with Gasteiger partial charge in [-0.15, -0.1) is 0 Å². The van der Waals surface area contributed by atoms with Crippen LogP contribution >= 0.6 is 11.6 Å². The Morgan fingerprint density at radius 3 is 2.41 bits per heavy atom. The maximum atomic E-state index is 12.4. The van der Waals surface area contributed by atoms with Crippen molar-refractivity contribution in [2.75, 3.05) is 11.0 Å². The molecule has 0 aliphatic heterocycles. The third-order valence-electron chi connectivity index (χ3n) is 4.63. The summed E-state index contributed by atoms with van der Waals surface area (Å²) >= 11 is 5.97. The first-order valence-electron chi connectivity index (χ1n) is 8.27. The van der Waals surface area contributed by atoms with Crippen LogP contribution in [0, 0.1) is 0 Å². The molecule has 0 spiro atoms. The van der Waals surface area contributed by atoms with Crippen LogP contribution in [0.25, 0.3) is 10.9 Å². The number of fused-ring (bicyclic) bond motifs is 1. The average molecular weight is 407 g/mol. The number of aromatic nitrogens is 1. The highest BCUT2D eigenvalue weighted by molar-refractivity contribution is 7.92. The van der Waals surface area contributed by atoms with Crippen molar-refractivity contribution in [2.45, 2.75) is 18.9 Å². The fourth-order valence-corrected chi connectivity index (χ4v) is 4.11. The largest absolute Gasteiger partial charge is 0.479 e. The van der Waals surface area contributed by atoms with Crippen LogP contribution in [0.15, 0.2) is 54.7 Å². The molecule has 1 atom stereocenters. The molecule has 3 aromatic rings. The van der Waals surface area contributed by atoms with Gasteiger partial charge in [0.15, 0.2) is 5.54 Å². The molecule has 142 valence electrons. The normalized spacial score (nSPS) is 14.0. The summed E-state index contributed by atoms with van der Waals surface area (Å²) in [6.45, 7) is 1.80. The Kier molecular flexibility index (Phi) is 4.92. The lowest BCUT2D eigenvalue weighted by atomic mass is 9.86. The number of carbonyl (C=O) groups is 1. The molecular formula is C19H19ClN2O4S. The van der Waals surface area contributed by atoms with Crippen LogP contribution in [0.3, 0.4) is 0 Å². The second-order valence-electron chi connectivity index (χ2n) is 6.32. The summed E-state index contributed by atoms with van der Waals surface area (Å²) in [7, 11) is -3.46. The lowest BCUT2D eigenvalue weighted by Crippen LogP contribution is -2.42. The van der Waals surface area contributed by atoms with Crippen molar-refractivity contribution in [3.8, 4) is 0 Å². The van der Waals surface area contributed by atoms with Crippen molar-refractivity contribution in [3.63, 3.8) is 0 Å². The van der Waals surface area contributed by atoms with Gasteiger partial charge in [-0.3, -0.25) is 4.72 Å². The predicted octanol–water partition coefficient (Wildman–Crippen LogP) is 3.90. The Bertz CT molecular complexity index is 1110. The number of nitrogens with zero attached hydrogens (tertiary/aromatic N) is 1. The molecule has 2 N–H and O–H groups in total. The van der Waals surface area contributed by atoms with Crippen LogP contribution < -0.4 is 4.72 Å². The summed E-state index contributed by atoms with van der Waals surface area (Å²) < 4.78 is 27.4. The van der Waals surface area contributed by atoms with E-state index in [2.05, 4.69) is 4.72 Å². The summed E-state index contributed by atoms with van der Waals surface area (Å²) in [5.41, 5.74) is 0.250. The van der Waals surface area contributed by atoms with Crippen LogP contribution in [0.1, 0.15) is 18.9 Å². The van der Waals surface area contributed by atoms with Crippen molar-refractivity contribution in [1.82, 2.24) is 4.57 Å². The third kappa shape index (κ3) is 3.40. The standard InChI is InChI=1S/C19H19ClN2O4S/c1-3-19(18(23)24,13-7-9-14(20)10-8-13)22-12-11-15-16(21-27(2,25)26)5-4-6-17(15)22/h4-12,21H,3H2,1-2H3,(H,23,24)/t19-/m1/s1. The molecule has 0 bridgehead atoms. The first-order chi connectivity index (χ1) is 12.7. The molecule has 0 saturated carbocycles. The molecule has 3 rings (SSSR count). The Labute approximate surface area is 162 Å². The van der Waals surface area contributed by atoms with Crippen LogP contribution in [-0.2, 0) is 20.4 Å². The number of rotatable bonds is 6. The van der Waals surface area contributed by atoms with Crippen molar-refractivity contribution in [2.24, 2.45) is 0 Å². The molecule has 1 aromatic heterocycles. The van der Waals surface area contributed by atoms with Crippen LogP contribution in [0.5, 0.6) is 0 Å². The number of anilines is 1. The fourth-order valence-electron chi connectivity index (χ4n) is 3.41. The van der Waals surface area contributed by atoms with E-state index < -0.39 is 21.5 Å². The van der Waals surface area contributed by atoms with Gasteiger partial charge in [-0.2, -0.15) is 0 Å². The zero-order chi connectivity index (χ0) is 19.8. The monoisotopic (exact) mass is 406 g/mol.